The summed E-state index contributed by atoms with van der Waals surface area (Å²) in [5, 5.41) is 2.17. The van der Waals surface area contributed by atoms with Gasteiger partial charge in [-0.15, -0.1) is 0 Å². The van der Waals surface area contributed by atoms with Crippen molar-refractivity contribution < 1.29 is 4.42 Å². The minimum atomic E-state index is -0.522. The van der Waals surface area contributed by atoms with Crippen molar-refractivity contribution in [2.24, 2.45) is 0 Å². The van der Waals surface area contributed by atoms with Gasteiger partial charge in [0.1, 0.15) is 11.2 Å². The Morgan fingerprint density at radius 1 is 0.368 bits per heavy atom. The van der Waals surface area contributed by atoms with E-state index >= 15 is 0 Å². The van der Waals surface area contributed by atoms with E-state index in [4.69, 9.17) is 4.42 Å². The SMILES string of the molecule is c1ccc(-c2ccc(N(c3cccc(C4(c5ccccc5)c5ccccc5-c5ccccc54)c3)c3cccc4oc5c(-c6ccccc6)cccc5c34)cc2)cc1. The van der Waals surface area contributed by atoms with Crippen LogP contribution >= 0.6 is 0 Å². The van der Waals surface area contributed by atoms with Gasteiger partial charge in [-0.3, -0.25) is 0 Å². The van der Waals surface area contributed by atoms with Gasteiger partial charge in [0.2, 0.25) is 0 Å². The summed E-state index contributed by atoms with van der Waals surface area (Å²) in [5.41, 5.74) is 16.6. The zero-order chi connectivity index (χ0) is 37.8. The molecular formula is C55H37NO. The number of anilines is 3. The lowest BCUT2D eigenvalue weighted by Crippen LogP contribution is -2.28. The van der Waals surface area contributed by atoms with Gasteiger partial charge in [-0.25, -0.2) is 0 Å². The van der Waals surface area contributed by atoms with E-state index in [-0.39, 0.29) is 0 Å². The first-order chi connectivity index (χ1) is 28.3. The Bertz CT molecular complexity index is 3010. The van der Waals surface area contributed by atoms with Gasteiger partial charge < -0.3 is 9.32 Å². The fraction of sp³-hybridized carbons (Fsp3) is 0.0182. The largest absolute Gasteiger partial charge is 0.455 e. The Balaban J connectivity index is 1.17. The Kier molecular flexibility index (Phi) is 7.75. The van der Waals surface area contributed by atoms with Gasteiger partial charge in [-0.1, -0.05) is 188 Å². The summed E-state index contributed by atoms with van der Waals surface area (Å²) in [5.74, 6) is 0. The topological polar surface area (TPSA) is 16.4 Å². The number of hydrogen-bond donors (Lipinski definition) is 0. The normalized spacial score (nSPS) is 12.7. The van der Waals surface area contributed by atoms with Crippen LogP contribution < -0.4 is 4.90 Å². The van der Waals surface area contributed by atoms with Crippen molar-refractivity contribution in [2.75, 3.05) is 4.90 Å². The third-order valence-electron chi connectivity index (χ3n) is 11.8. The fourth-order valence-electron chi connectivity index (χ4n) is 9.31. The van der Waals surface area contributed by atoms with Gasteiger partial charge in [0.05, 0.1) is 16.5 Å². The average Bonchev–Trinajstić information content (AvgIpc) is 3.83. The summed E-state index contributed by atoms with van der Waals surface area (Å²) in [7, 11) is 0. The van der Waals surface area contributed by atoms with Gasteiger partial charge in [0.25, 0.3) is 0 Å². The maximum atomic E-state index is 6.81. The van der Waals surface area contributed by atoms with E-state index in [1.807, 2.05) is 0 Å². The van der Waals surface area contributed by atoms with Gasteiger partial charge in [-0.2, -0.15) is 0 Å². The van der Waals surface area contributed by atoms with Crippen LogP contribution in [-0.2, 0) is 5.41 Å². The van der Waals surface area contributed by atoms with Crippen LogP contribution in [0.2, 0.25) is 0 Å². The Morgan fingerprint density at radius 3 is 1.61 bits per heavy atom. The van der Waals surface area contributed by atoms with Gasteiger partial charge >= 0.3 is 0 Å². The van der Waals surface area contributed by atoms with Crippen molar-refractivity contribution >= 4 is 39.0 Å². The highest BCUT2D eigenvalue weighted by molar-refractivity contribution is 6.16. The van der Waals surface area contributed by atoms with Crippen LogP contribution in [0.25, 0.3) is 55.3 Å². The molecule has 10 aromatic rings. The smallest absolute Gasteiger partial charge is 0.143 e. The first kappa shape index (κ1) is 33.0. The Morgan fingerprint density at radius 2 is 0.912 bits per heavy atom. The molecule has 0 aliphatic heterocycles. The van der Waals surface area contributed by atoms with Crippen molar-refractivity contribution in [3.8, 4) is 33.4 Å². The number of furan rings is 1. The summed E-state index contributed by atoms with van der Waals surface area (Å²) in [4.78, 5) is 2.41. The zero-order valence-electron chi connectivity index (χ0n) is 31.2. The first-order valence-corrected chi connectivity index (χ1v) is 19.6. The number of hydrogen-bond acceptors (Lipinski definition) is 2. The minimum absolute atomic E-state index is 0.522. The number of fused-ring (bicyclic) bond motifs is 6. The Labute approximate surface area is 332 Å². The molecule has 0 amide bonds. The van der Waals surface area contributed by atoms with E-state index in [2.05, 4.69) is 229 Å². The molecule has 2 nitrogen and oxygen atoms in total. The summed E-state index contributed by atoms with van der Waals surface area (Å²) >= 11 is 0. The molecule has 0 saturated heterocycles. The molecule has 0 atom stereocenters. The predicted molar refractivity (Wildman–Crippen MR) is 237 cm³/mol. The third kappa shape index (κ3) is 5.18. The van der Waals surface area contributed by atoms with Crippen molar-refractivity contribution in [1.29, 1.82) is 0 Å². The molecule has 1 aliphatic carbocycles. The molecule has 11 rings (SSSR count). The van der Waals surface area contributed by atoms with Crippen LogP contribution in [0.1, 0.15) is 22.3 Å². The van der Waals surface area contributed by atoms with E-state index in [1.54, 1.807) is 0 Å². The van der Waals surface area contributed by atoms with Crippen LogP contribution in [0.15, 0.2) is 229 Å². The molecule has 2 heteroatoms. The van der Waals surface area contributed by atoms with Crippen LogP contribution in [0.4, 0.5) is 17.1 Å². The molecule has 1 heterocycles. The van der Waals surface area contributed by atoms with Crippen molar-refractivity contribution in [2.45, 2.75) is 5.41 Å². The first-order valence-electron chi connectivity index (χ1n) is 19.6. The second-order valence-electron chi connectivity index (χ2n) is 14.8. The maximum Gasteiger partial charge on any atom is 0.143 e. The number of benzene rings is 9. The molecule has 9 aromatic carbocycles. The van der Waals surface area contributed by atoms with E-state index < -0.39 is 5.41 Å². The maximum absolute atomic E-state index is 6.81. The van der Waals surface area contributed by atoms with E-state index in [1.165, 1.54) is 44.5 Å². The summed E-state index contributed by atoms with van der Waals surface area (Å²) < 4.78 is 6.81. The summed E-state index contributed by atoms with van der Waals surface area (Å²) in [6.07, 6.45) is 0. The molecule has 0 fully saturated rings. The lowest BCUT2D eigenvalue weighted by Gasteiger charge is -2.35. The van der Waals surface area contributed by atoms with Crippen LogP contribution in [0.3, 0.4) is 0 Å². The van der Waals surface area contributed by atoms with E-state index in [9.17, 15) is 0 Å². The summed E-state index contributed by atoms with van der Waals surface area (Å²) in [6.45, 7) is 0. The quantitative estimate of drug-likeness (QED) is 0.163. The molecule has 268 valence electrons. The molecule has 0 spiro atoms. The van der Waals surface area contributed by atoms with Crippen LogP contribution in [0.5, 0.6) is 0 Å². The lowest BCUT2D eigenvalue weighted by molar-refractivity contribution is 0.670. The predicted octanol–water partition coefficient (Wildman–Crippen LogP) is 14.8. The fourth-order valence-corrected chi connectivity index (χ4v) is 9.31. The highest BCUT2D eigenvalue weighted by atomic mass is 16.3. The highest BCUT2D eigenvalue weighted by Gasteiger charge is 2.46. The molecule has 57 heavy (non-hydrogen) atoms. The second kappa shape index (κ2) is 13.4. The molecular weight excluding hydrogens is 691 g/mol. The number of rotatable bonds is 7. The van der Waals surface area contributed by atoms with E-state index in [0.717, 1.165) is 50.1 Å². The molecule has 0 unspecified atom stereocenters. The minimum Gasteiger partial charge on any atom is -0.455 e. The van der Waals surface area contributed by atoms with Crippen molar-refractivity contribution in [3.05, 3.63) is 247 Å². The van der Waals surface area contributed by atoms with Gasteiger partial charge in [-0.05, 0) is 86.5 Å². The zero-order valence-corrected chi connectivity index (χ0v) is 31.2. The molecule has 0 radical (unpaired) electrons. The highest BCUT2D eigenvalue weighted by Crippen LogP contribution is 2.57. The number of para-hydroxylation sites is 1. The lowest BCUT2D eigenvalue weighted by atomic mass is 9.67. The average molecular weight is 728 g/mol. The Hall–Kier alpha value is -7.42. The summed E-state index contributed by atoms with van der Waals surface area (Å²) in [6, 6.07) is 81.1. The van der Waals surface area contributed by atoms with Crippen molar-refractivity contribution in [1.82, 2.24) is 0 Å². The van der Waals surface area contributed by atoms with Crippen molar-refractivity contribution in [3.63, 3.8) is 0 Å². The second-order valence-corrected chi connectivity index (χ2v) is 14.8. The molecule has 1 aromatic heterocycles. The standard InChI is InChI=1S/C55H37NO/c1-4-17-38(18-5-1)39-33-35-43(36-34-39)56(51-31-16-32-52-53(51)48-28-15-27-45(54(48)57-52)40-19-6-2-7-20-40)44-24-14-23-42(37-44)55(41-21-8-3-9-22-41)49-29-12-10-25-46(49)47-26-11-13-30-50(47)55/h1-37H. The van der Waals surface area contributed by atoms with E-state index in [0.29, 0.717) is 0 Å². The molecule has 0 N–H and O–H groups in total. The monoisotopic (exact) mass is 727 g/mol. The molecule has 1 aliphatic rings. The molecule has 0 saturated carbocycles. The third-order valence-corrected chi connectivity index (χ3v) is 11.8. The van der Waals surface area contributed by atoms with Gasteiger partial charge in [0, 0.05) is 22.3 Å². The van der Waals surface area contributed by atoms with Crippen LogP contribution in [-0.4, -0.2) is 0 Å². The number of nitrogens with zero attached hydrogens (tertiary/aromatic N) is 1. The molecule has 0 bridgehead atoms. The van der Waals surface area contributed by atoms with Gasteiger partial charge in [0.15, 0.2) is 0 Å². The van der Waals surface area contributed by atoms with Crippen LogP contribution in [0, 0.1) is 0 Å².